The summed E-state index contributed by atoms with van der Waals surface area (Å²) < 4.78 is 16.2. The number of ether oxygens (including phenoxy) is 3. The van der Waals surface area contributed by atoms with Crippen LogP contribution in [-0.2, 0) is 4.74 Å². The smallest absolute Gasteiger partial charge is 0.189 e. The molecule has 0 amide bonds. The fourth-order valence-electron chi connectivity index (χ4n) is 1.41. The lowest BCUT2D eigenvalue weighted by Crippen LogP contribution is -2.22. The predicted octanol–water partition coefficient (Wildman–Crippen LogP) is 3.37. The maximum absolute atomic E-state index is 5.56. The molecular weight excluding hydrogens is 256 g/mol. The zero-order valence-corrected chi connectivity index (χ0v) is 13.2. The van der Waals surface area contributed by atoms with Crippen molar-refractivity contribution >= 4 is 8.07 Å². The molecule has 4 heteroatoms. The number of hydrogen-bond donors (Lipinski definition) is 0. The second kappa shape index (κ2) is 7.22. The molecule has 0 aliphatic heterocycles. The number of benzene rings is 1. The summed E-state index contributed by atoms with van der Waals surface area (Å²) in [5, 5.41) is 0. The van der Waals surface area contributed by atoms with Gasteiger partial charge >= 0.3 is 0 Å². The van der Waals surface area contributed by atoms with Crippen LogP contribution in [0.5, 0.6) is 11.5 Å². The first kappa shape index (κ1) is 15.6. The highest BCUT2D eigenvalue weighted by Gasteiger charge is 2.12. The van der Waals surface area contributed by atoms with E-state index in [1.165, 1.54) is 0 Å². The van der Waals surface area contributed by atoms with Crippen LogP contribution in [-0.4, -0.2) is 28.6 Å². The van der Waals surface area contributed by atoms with Crippen LogP contribution >= 0.6 is 0 Å². The normalized spacial score (nSPS) is 10.9. The van der Waals surface area contributed by atoms with Gasteiger partial charge in [0.1, 0.15) is 11.5 Å². The molecule has 0 aromatic heterocycles. The zero-order chi connectivity index (χ0) is 14.3. The van der Waals surface area contributed by atoms with Crippen molar-refractivity contribution < 1.29 is 14.2 Å². The Kier molecular flexibility index (Phi) is 5.93. The summed E-state index contributed by atoms with van der Waals surface area (Å²) in [6.07, 6.45) is 5.42. The van der Waals surface area contributed by atoms with Gasteiger partial charge in [0.25, 0.3) is 0 Å². The van der Waals surface area contributed by atoms with E-state index in [1.54, 1.807) is 19.2 Å². The standard InChI is InChI=1S/C15H22O3Si/c1-6-13-7-8-14(16-2)11-15(13)18-12-17-9-10-19(3,4)5/h1,7-8,11H,9-10,12H2,2-5H3. The molecule has 1 rings (SSSR count). The molecule has 0 fully saturated rings. The van der Waals surface area contributed by atoms with Crippen molar-refractivity contribution in [3.8, 4) is 23.8 Å². The first-order valence-electron chi connectivity index (χ1n) is 6.31. The largest absolute Gasteiger partial charge is 0.497 e. The average molecular weight is 278 g/mol. The lowest BCUT2D eigenvalue weighted by Gasteiger charge is -2.16. The second-order valence-electron chi connectivity index (χ2n) is 5.49. The predicted molar refractivity (Wildman–Crippen MR) is 80.5 cm³/mol. The van der Waals surface area contributed by atoms with Crippen LogP contribution in [0.2, 0.25) is 25.7 Å². The van der Waals surface area contributed by atoms with Gasteiger partial charge in [0.15, 0.2) is 6.79 Å². The molecule has 19 heavy (non-hydrogen) atoms. The van der Waals surface area contributed by atoms with Crippen molar-refractivity contribution in [3.63, 3.8) is 0 Å². The molecule has 1 aromatic carbocycles. The Morgan fingerprint density at radius 3 is 2.58 bits per heavy atom. The molecule has 0 spiro atoms. The van der Waals surface area contributed by atoms with Crippen LogP contribution in [0, 0.1) is 12.3 Å². The van der Waals surface area contributed by atoms with Gasteiger partial charge in [-0.15, -0.1) is 6.42 Å². The maximum Gasteiger partial charge on any atom is 0.189 e. The Hall–Kier alpha value is -1.44. The van der Waals surface area contributed by atoms with E-state index >= 15 is 0 Å². The van der Waals surface area contributed by atoms with E-state index in [2.05, 4.69) is 25.6 Å². The molecule has 0 bridgehead atoms. The summed E-state index contributed by atoms with van der Waals surface area (Å²) in [6, 6.07) is 6.51. The third kappa shape index (κ3) is 5.82. The van der Waals surface area contributed by atoms with E-state index < -0.39 is 8.07 Å². The van der Waals surface area contributed by atoms with Gasteiger partial charge in [-0.05, 0) is 18.2 Å². The highest BCUT2D eigenvalue weighted by atomic mass is 28.3. The first-order chi connectivity index (χ1) is 8.96. The van der Waals surface area contributed by atoms with E-state index in [1.807, 2.05) is 6.07 Å². The van der Waals surface area contributed by atoms with Gasteiger partial charge in [-0.2, -0.15) is 0 Å². The SMILES string of the molecule is C#Cc1ccc(OC)cc1OCOCC[Si](C)(C)C. The Morgan fingerprint density at radius 2 is 2.00 bits per heavy atom. The maximum atomic E-state index is 5.56. The molecule has 0 aliphatic carbocycles. The lowest BCUT2D eigenvalue weighted by molar-refractivity contribution is 0.0218. The van der Waals surface area contributed by atoms with Gasteiger partial charge < -0.3 is 14.2 Å². The molecule has 104 valence electrons. The Morgan fingerprint density at radius 1 is 1.26 bits per heavy atom. The molecule has 1 aromatic rings. The van der Waals surface area contributed by atoms with Gasteiger partial charge in [-0.1, -0.05) is 25.6 Å². The molecule has 0 heterocycles. The van der Waals surface area contributed by atoms with Gasteiger partial charge in [-0.25, -0.2) is 0 Å². The Bertz CT molecular complexity index is 444. The van der Waals surface area contributed by atoms with E-state index in [0.29, 0.717) is 11.3 Å². The van der Waals surface area contributed by atoms with Crippen LogP contribution in [0.3, 0.4) is 0 Å². The fourth-order valence-corrected chi connectivity index (χ4v) is 2.17. The summed E-state index contributed by atoms with van der Waals surface area (Å²) >= 11 is 0. The molecule has 0 radical (unpaired) electrons. The van der Waals surface area contributed by atoms with Gasteiger partial charge in [0.05, 0.1) is 12.7 Å². The van der Waals surface area contributed by atoms with Gasteiger partial charge in [0, 0.05) is 20.7 Å². The number of hydrogen-bond acceptors (Lipinski definition) is 3. The van der Waals surface area contributed by atoms with Gasteiger partial charge in [-0.3, -0.25) is 0 Å². The summed E-state index contributed by atoms with van der Waals surface area (Å²) in [4.78, 5) is 0. The molecule has 0 unspecified atom stereocenters. The Labute approximate surface area is 116 Å². The second-order valence-corrected chi connectivity index (χ2v) is 11.1. The molecule has 0 N–H and O–H groups in total. The molecule has 0 saturated heterocycles. The minimum atomic E-state index is -1.05. The summed E-state index contributed by atoms with van der Waals surface area (Å²) in [6.45, 7) is 7.89. The van der Waals surface area contributed by atoms with E-state index in [0.717, 1.165) is 18.4 Å². The van der Waals surface area contributed by atoms with Crippen LogP contribution in [0.1, 0.15) is 5.56 Å². The molecule has 0 atom stereocenters. The summed E-state index contributed by atoms with van der Waals surface area (Å²) in [7, 11) is 0.558. The van der Waals surface area contributed by atoms with Crippen LogP contribution in [0.4, 0.5) is 0 Å². The number of rotatable bonds is 7. The highest BCUT2D eigenvalue weighted by molar-refractivity contribution is 6.76. The quantitative estimate of drug-likeness (QED) is 0.331. The van der Waals surface area contributed by atoms with Crippen molar-refractivity contribution in [2.45, 2.75) is 25.7 Å². The van der Waals surface area contributed by atoms with Crippen LogP contribution in [0.25, 0.3) is 0 Å². The number of methoxy groups -OCH3 is 1. The molecule has 0 saturated carbocycles. The van der Waals surface area contributed by atoms with E-state index in [9.17, 15) is 0 Å². The van der Waals surface area contributed by atoms with Crippen molar-refractivity contribution in [3.05, 3.63) is 23.8 Å². The summed E-state index contributed by atoms with van der Waals surface area (Å²) in [5.41, 5.74) is 0.703. The monoisotopic (exact) mass is 278 g/mol. The average Bonchev–Trinajstić information content (AvgIpc) is 2.36. The molecular formula is C15H22O3Si. The summed E-state index contributed by atoms with van der Waals surface area (Å²) in [5.74, 6) is 3.92. The lowest BCUT2D eigenvalue weighted by atomic mass is 10.2. The van der Waals surface area contributed by atoms with E-state index in [4.69, 9.17) is 20.6 Å². The highest BCUT2D eigenvalue weighted by Crippen LogP contribution is 2.24. The van der Waals surface area contributed by atoms with Crippen molar-refractivity contribution in [2.75, 3.05) is 20.5 Å². The first-order valence-corrected chi connectivity index (χ1v) is 10.0. The van der Waals surface area contributed by atoms with Crippen LogP contribution in [0.15, 0.2) is 18.2 Å². The Balaban J connectivity index is 2.46. The fraction of sp³-hybridized carbons (Fsp3) is 0.467. The van der Waals surface area contributed by atoms with Crippen molar-refractivity contribution in [2.24, 2.45) is 0 Å². The molecule has 0 aliphatic rings. The topological polar surface area (TPSA) is 27.7 Å². The molecule has 3 nitrogen and oxygen atoms in total. The third-order valence-corrected chi connectivity index (χ3v) is 4.34. The number of terminal acetylenes is 1. The van der Waals surface area contributed by atoms with Gasteiger partial charge in [0.2, 0.25) is 0 Å². The van der Waals surface area contributed by atoms with E-state index in [-0.39, 0.29) is 6.79 Å². The minimum Gasteiger partial charge on any atom is -0.497 e. The van der Waals surface area contributed by atoms with Crippen molar-refractivity contribution in [1.82, 2.24) is 0 Å². The van der Waals surface area contributed by atoms with Crippen molar-refractivity contribution in [1.29, 1.82) is 0 Å². The minimum absolute atomic E-state index is 0.215. The van der Waals surface area contributed by atoms with Crippen LogP contribution < -0.4 is 9.47 Å². The zero-order valence-electron chi connectivity index (χ0n) is 12.2. The third-order valence-electron chi connectivity index (χ3n) is 2.64.